The van der Waals surface area contributed by atoms with E-state index in [2.05, 4.69) is 15.5 Å². The van der Waals surface area contributed by atoms with Crippen LogP contribution in [0.25, 0.3) is 5.69 Å². The Morgan fingerprint density at radius 1 is 1.22 bits per heavy atom. The van der Waals surface area contributed by atoms with Gasteiger partial charge < -0.3 is 15.2 Å². The van der Waals surface area contributed by atoms with Gasteiger partial charge in [-0.25, -0.2) is 0 Å². The Balaban J connectivity index is 1.49. The van der Waals surface area contributed by atoms with E-state index in [-0.39, 0.29) is 12.5 Å². The third kappa shape index (κ3) is 5.57. The molecule has 0 aliphatic carbocycles. The number of nitrogens with zero attached hydrogens (tertiary/aromatic N) is 3. The molecule has 0 saturated carbocycles. The summed E-state index contributed by atoms with van der Waals surface area (Å²) in [4.78, 5) is 11.0. The van der Waals surface area contributed by atoms with Gasteiger partial charge in [0.25, 0.3) is 0 Å². The van der Waals surface area contributed by atoms with Crippen molar-refractivity contribution in [1.82, 2.24) is 14.8 Å². The van der Waals surface area contributed by atoms with Gasteiger partial charge >= 0.3 is 0 Å². The summed E-state index contributed by atoms with van der Waals surface area (Å²) in [6.07, 6.45) is 0.989. The molecule has 27 heavy (non-hydrogen) atoms. The predicted molar refractivity (Wildman–Crippen MR) is 104 cm³/mol. The van der Waals surface area contributed by atoms with Crippen LogP contribution in [-0.2, 0) is 4.79 Å². The number of anilines is 1. The fourth-order valence-corrected chi connectivity index (χ4v) is 3.17. The fraction of sp³-hybridized carbons (Fsp3) is 0.211. The first-order valence-electron chi connectivity index (χ1n) is 8.38. The second kappa shape index (κ2) is 9.20. The van der Waals surface area contributed by atoms with Gasteiger partial charge in [-0.3, -0.25) is 9.36 Å². The molecule has 0 saturated heterocycles. The Bertz CT molecular complexity index is 868. The Morgan fingerprint density at radius 3 is 2.67 bits per heavy atom. The largest absolute Gasteiger partial charge is 0.491 e. The maximum absolute atomic E-state index is 11.0. The number of hydrogen-bond donors (Lipinski definition) is 2. The number of aromatic nitrogens is 3. The number of nitrogens with one attached hydrogen (secondary N) is 1. The molecule has 1 atom stereocenters. The molecule has 0 aliphatic heterocycles. The van der Waals surface area contributed by atoms with Crippen molar-refractivity contribution in [2.75, 3.05) is 17.7 Å². The molecule has 0 spiro atoms. The number of aliphatic hydroxyl groups is 1. The normalized spacial score (nSPS) is 11.8. The van der Waals surface area contributed by atoms with Gasteiger partial charge in [0.2, 0.25) is 5.91 Å². The Hall–Kier alpha value is -2.84. The van der Waals surface area contributed by atoms with Crippen molar-refractivity contribution in [1.29, 1.82) is 0 Å². The topological polar surface area (TPSA) is 89.3 Å². The van der Waals surface area contributed by atoms with Crippen LogP contribution in [0.3, 0.4) is 0 Å². The number of para-hydroxylation sites is 1. The summed E-state index contributed by atoms with van der Waals surface area (Å²) in [5.74, 6) is 0.926. The lowest BCUT2D eigenvalue weighted by Crippen LogP contribution is -2.20. The highest BCUT2D eigenvalue weighted by molar-refractivity contribution is 7.99. The molecule has 3 rings (SSSR count). The Kier molecular flexibility index (Phi) is 6.45. The third-order valence-corrected chi connectivity index (χ3v) is 4.66. The maximum atomic E-state index is 11.0. The van der Waals surface area contributed by atoms with Gasteiger partial charge in [-0.15, -0.1) is 10.2 Å². The van der Waals surface area contributed by atoms with E-state index >= 15 is 0 Å². The van der Waals surface area contributed by atoms with Crippen LogP contribution in [-0.4, -0.2) is 44.2 Å². The zero-order chi connectivity index (χ0) is 19.1. The summed E-state index contributed by atoms with van der Waals surface area (Å²) in [7, 11) is 0. The summed E-state index contributed by atoms with van der Waals surface area (Å²) in [5, 5.41) is 21.6. The summed E-state index contributed by atoms with van der Waals surface area (Å²) >= 11 is 1.41. The molecule has 8 heteroatoms. The van der Waals surface area contributed by atoms with Crippen LogP contribution < -0.4 is 10.1 Å². The number of thioether (sulfide) groups is 1. The second-order valence-electron chi connectivity index (χ2n) is 5.80. The van der Waals surface area contributed by atoms with E-state index in [1.807, 2.05) is 34.9 Å². The monoisotopic (exact) mass is 384 g/mol. The summed E-state index contributed by atoms with van der Waals surface area (Å²) in [5.41, 5.74) is 1.67. The van der Waals surface area contributed by atoms with Gasteiger partial charge in [-0.1, -0.05) is 30.0 Å². The van der Waals surface area contributed by atoms with Crippen molar-refractivity contribution in [3.05, 3.63) is 60.9 Å². The van der Waals surface area contributed by atoms with Gasteiger partial charge in [0.15, 0.2) is 5.16 Å². The number of amides is 1. The first-order chi connectivity index (χ1) is 13.1. The third-order valence-electron chi connectivity index (χ3n) is 3.57. The molecule has 0 fully saturated rings. The molecule has 140 valence electrons. The smallest absolute Gasteiger partial charge is 0.221 e. The van der Waals surface area contributed by atoms with Crippen molar-refractivity contribution < 1.29 is 14.6 Å². The molecular weight excluding hydrogens is 364 g/mol. The molecular formula is C19H20N4O3S. The van der Waals surface area contributed by atoms with Crippen LogP contribution in [0.1, 0.15) is 6.92 Å². The zero-order valence-corrected chi connectivity index (χ0v) is 15.6. The average molecular weight is 384 g/mol. The lowest BCUT2D eigenvalue weighted by atomic mass is 10.3. The van der Waals surface area contributed by atoms with Crippen LogP contribution in [0.2, 0.25) is 0 Å². The molecule has 1 heterocycles. The minimum absolute atomic E-state index is 0.125. The molecule has 0 radical (unpaired) electrons. The van der Waals surface area contributed by atoms with Crippen LogP contribution >= 0.6 is 11.8 Å². The van der Waals surface area contributed by atoms with Crippen molar-refractivity contribution in [2.45, 2.75) is 18.2 Å². The van der Waals surface area contributed by atoms with Crippen LogP contribution in [0, 0.1) is 0 Å². The zero-order valence-electron chi connectivity index (χ0n) is 14.8. The molecule has 0 aliphatic rings. The van der Waals surface area contributed by atoms with E-state index in [0.29, 0.717) is 22.3 Å². The quantitative estimate of drug-likeness (QED) is 0.581. The molecule has 2 aromatic carbocycles. The van der Waals surface area contributed by atoms with Gasteiger partial charge in [-0.2, -0.15) is 0 Å². The lowest BCUT2D eigenvalue weighted by Gasteiger charge is -2.13. The Labute approximate surface area is 161 Å². The Morgan fingerprint density at radius 2 is 1.96 bits per heavy atom. The second-order valence-corrected chi connectivity index (χ2v) is 6.79. The lowest BCUT2D eigenvalue weighted by molar-refractivity contribution is -0.114. The standard InChI is InChI=1S/C19H20N4O3S/c1-14(24)21-15-7-9-18(10-8-15)26-11-17(25)12-27-19-22-20-13-23(19)16-5-3-2-4-6-16/h2-10,13,17,25H,11-12H2,1H3,(H,21,24). The fourth-order valence-electron chi connectivity index (χ4n) is 2.34. The van der Waals surface area contributed by atoms with Gasteiger partial charge in [0.05, 0.1) is 6.10 Å². The number of hydrogen-bond acceptors (Lipinski definition) is 6. The minimum atomic E-state index is -0.661. The molecule has 2 N–H and O–H groups in total. The number of ether oxygens (including phenoxy) is 1. The number of carbonyl (C=O) groups excluding carboxylic acids is 1. The van der Waals surface area contributed by atoms with Gasteiger partial charge in [-0.05, 0) is 36.4 Å². The minimum Gasteiger partial charge on any atom is -0.491 e. The average Bonchev–Trinajstić information content (AvgIpc) is 3.15. The number of aliphatic hydroxyl groups excluding tert-OH is 1. The SMILES string of the molecule is CC(=O)Nc1ccc(OCC(O)CSc2nncn2-c2ccccc2)cc1. The molecule has 3 aromatic rings. The van der Waals surface area contributed by atoms with E-state index < -0.39 is 6.10 Å². The maximum Gasteiger partial charge on any atom is 0.221 e. The van der Waals surface area contributed by atoms with E-state index in [1.165, 1.54) is 18.7 Å². The highest BCUT2D eigenvalue weighted by atomic mass is 32.2. The molecule has 1 aromatic heterocycles. The highest BCUT2D eigenvalue weighted by Crippen LogP contribution is 2.21. The van der Waals surface area contributed by atoms with Crippen molar-refractivity contribution in [3.63, 3.8) is 0 Å². The van der Waals surface area contributed by atoms with E-state index in [9.17, 15) is 9.90 Å². The summed E-state index contributed by atoms with van der Waals surface area (Å²) < 4.78 is 7.47. The van der Waals surface area contributed by atoms with Crippen molar-refractivity contribution in [2.24, 2.45) is 0 Å². The van der Waals surface area contributed by atoms with Crippen LogP contribution in [0.15, 0.2) is 66.1 Å². The van der Waals surface area contributed by atoms with Crippen LogP contribution in [0.4, 0.5) is 5.69 Å². The molecule has 0 bridgehead atoms. The van der Waals surface area contributed by atoms with Crippen molar-refractivity contribution in [3.8, 4) is 11.4 Å². The van der Waals surface area contributed by atoms with Gasteiger partial charge in [0, 0.05) is 24.1 Å². The number of rotatable bonds is 8. The van der Waals surface area contributed by atoms with Crippen LogP contribution in [0.5, 0.6) is 5.75 Å². The van der Waals surface area contributed by atoms with E-state index in [4.69, 9.17) is 4.74 Å². The molecule has 1 unspecified atom stereocenters. The first-order valence-corrected chi connectivity index (χ1v) is 9.37. The number of benzene rings is 2. The van der Waals surface area contributed by atoms with Gasteiger partial charge in [0.1, 0.15) is 18.7 Å². The predicted octanol–water partition coefficient (Wildman–Crippen LogP) is 2.76. The van der Waals surface area contributed by atoms with Crippen molar-refractivity contribution >= 4 is 23.4 Å². The summed E-state index contributed by atoms with van der Waals surface area (Å²) in [6.45, 7) is 1.61. The highest BCUT2D eigenvalue weighted by Gasteiger charge is 2.11. The van der Waals surface area contributed by atoms with E-state index in [1.54, 1.807) is 30.6 Å². The molecule has 1 amide bonds. The molecule has 7 nitrogen and oxygen atoms in total. The first kappa shape index (κ1) is 18.9. The summed E-state index contributed by atoms with van der Waals surface area (Å²) in [6, 6.07) is 16.8. The van der Waals surface area contributed by atoms with E-state index in [0.717, 1.165) is 5.69 Å². The number of carbonyl (C=O) groups is 1.